The van der Waals surface area contributed by atoms with Crippen molar-refractivity contribution in [1.82, 2.24) is 10.4 Å². The highest BCUT2D eigenvalue weighted by Crippen LogP contribution is 2.14. The van der Waals surface area contributed by atoms with Crippen LogP contribution in [0.2, 0.25) is 0 Å². The van der Waals surface area contributed by atoms with Gasteiger partial charge in [-0.2, -0.15) is 0 Å². The predicted octanol–water partition coefficient (Wildman–Crippen LogP) is 0.541. The molecular weight excluding hydrogens is 166 g/mol. The SMILES string of the molecule is COCC(NN)c1cccnc1C. The van der Waals surface area contributed by atoms with E-state index < -0.39 is 0 Å². The normalized spacial score (nSPS) is 12.8. The van der Waals surface area contributed by atoms with E-state index in [9.17, 15) is 0 Å². The highest BCUT2D eigenvalue weighted by molar-refractivity contribution is 5.22. The van der Waals surface area contributed by atoms with Crippen LogP contribution in [0.5, 0.6) is 0 Å². The number of ether oxygens (including phenoxy) is 1. The fourth-order valence-electron chi connectivity index (χ4n) is 1.26. The lowest BCUT2D eigenvalue weighted by Gasteiger charge is -2.16. The number of hydrogen-bond acceptors (Lipinski definition) is 4. The number of pyridine rings is 1. The van der Waals surface area contributed by atoms with Gasteiger partial charge in [0.05, 0.1) is 12.6 Å². The molecule has 1 unspecified atom stereocenters. The number of nitrogens with zero attached hydrogens (tertiary/aromatic N) is 1. The molecule has 1 rings (SSSR count). The van der Waals surface area contributed by atoms with E-state index in [1.165, 1.54) is 0 Å². The van der Waals surface area contributed by atoms with Gasteiger partial charge in [0.2, 0.25) is 0 Å². The molecular formula is C9H15N3O. The Balaban J connectivity index is 2.84. The van der Waals surface area contributed by atoms with Gasteiger partial charge in [0, 0.05) is 19.0 Å². The van der Waals surface area contributed by atoms with E-state index in [4.69, 9.17) is 10.6 Å². The van der Waals surface area contributed by atoms with Crippen molar-refractivity contribution in [1.29, 1.82) is 0 Å². The van der Waals surface area contributed by atoms with Gasteiger partial charge in [-0.25, -0.2) is 0 Å². The van der Waals surface area contributed by atoms with Crippen LogP contribution in [0.15, 0.2) is 18.3 Å². The molecule has 0 radical (unpaired) electrons. The van der Waals surface area contributed by atoms with Gasteiger partial charge >= 0.3 is 0 Å². The third kappa shape index (κ3) is 2.48. The van der Waals surface area contributed by atoms with Gasteiger partial charge in [-0.3, -0.25) is 16.3 Å². The maximum Gasteiger partial charge on any atom is 0.0711 e. The number of aromatic nitrogens is 1. The lowest BCUT2D eigenvalue weighted by molar-refractivity contribution is 0.167. The Morgan fingerprint density at radius 1 is 1.69 bits per heavy atom. The summed E-state index contributed by atoms with van der Waals surface area (Å²) in [5.74, 6) is 5.40. The van der Waals surface area contributed by atoms with Crippen molar-refractivity contribution in [3.63, 3.8) is 0 Å². The molecule has 4 nitrogen and oxygen atoms in total. The van der Waals surface area contributed by atoms with Crippen LogP contribution in [0.3, 0.4) is 0 Å². The highest BCUT2D eigenvalue weighted by Gasteiger charge is 2.11. The van der Waals surface area contributed by atoms with Gasteiger partial charge in [0.25, 0.3) is 0 Å². The average molecular weight is 181 g/mol. The summed E-state index contributed by atoms with van der Waals surface area (Å²) in [6.07, 6.45) is 1.76. The average Bonchev–Trinajstić information content (AvgIpc) is 2.16. The van der Waals surface area contributed by atoms with E-state index in [1.807, 2.05) is 19.1 Å². The first-order chi connectivity index (χ1) is 6.29. The molecule has 3 N–H and O–H groups in total. The van der Waals surface area contributed by atoms with E-state index in [0.717, 1.165) is 11.3 Å². The minimum Gasteiger partial charge on any atom is -0.383 e. The summed E-state index contributed by atoms with van der Waals surface area (Å²) in [7, 11) is 1.65. The molecule has 0 saturated heterocycles. The van der Waals surface area contributed by atoms with Crippen molar-refractivity contribution >= 4 is 0 Å². The predicted molar refractivity (Wildman–Crippen MR) is 50.9 cm³/mol. The molecule has 0 aliphatic carbocycles. The van der Waals surface area contributed by atoms with Crippen molar-refractivity contribution in [2.45, 2.75) is 13.0 Å². The molecule has 1 atom stereocenters. The Labute approximate surface area is 78.1 Å². The van der Waals surface area contributed by atoms with Crippen molar-refractivity contribution in [3.8, 4) is 0 Å². The molecule has 0 aromatic carbocycles. The van der Waals surface area contributed by atoms with Crippen LogP contribution in [0, 0.1) is 6.92 Å². The molecule has 0 aliphatic rings. The second kappa shape index (κ2) is 4.91. The fraction of sp³-hybridized carbons (Fsp3) is 0.444. The zero-order valence-corrected chi connectivity index (χ0v) is 7.95. The van der Waals surface area contributed by atoms with Crippen molar-refractivity contribution < 1.29 is 4.74 Å². The largest absolute Gasteiger partial charge is 0.383 e. The summed E-state index contributed by atoms with van der Waals surface area (Å²) in [5.41, 5.74) is 4.75. The van der Waals surface area contributed by atoms with E-state index in [0.29, 0.717) is 6.61 Å². The molecule has 72 valence electrons. The molecule has 1 aromatic heterocycles. The molecule has 0 fully saturated rings. The molecule has 13 heavy (non-hydrogen) atoms. The number of hydrogen-bond donors (Lipinski definition) is 2. The number of nitrogens with one attached hydrogen (secondary N) is 1. The Kier molecular flexibility index (Phi) is 3.82. The fourth-order valence-corrected chi connectivity index (χ4v) is 1.26. The van der Waals surface area contributed by atoms with Crippen LogP contribution in [0.1, 0.15) is 17.3 Å². The van der Waals surface area contributed by atoms with Gasteiger partial charge in [0.15, 0.2) is 0 Å². The number of hydrazine groups is 1. The van der Waals surface area contributed by atoms with Gasteiger partial charge in [-0.1, -0.05) is 6.07 Å². The second-order valence-corrected chi connectivity index (χ2v) is 2.85. The molecule has 1 aromatic rings. The van der Waals surface area contributed by atoms with Gasteiger partial charge in [0.1, 0.15) is 0 Å². The zero-order chi connectivity index (χ0) is 9.68. The third-order valence-electron chi connectivity index (χ3n) is 1.96. The first kappa shape index (κ1) is 10.1. The molecule has 0 amide bonds. The maximum absolute atomic E-state index is 5.40. The van der Waals surface area contributed by atoms with E-state index >= 15 is 0 Å². The number of aryl methyl sites for hydroxylation is 1. The lowest BCUT2D eigenvalue weighted by atomic mass is 10.1. The molecule has 0 saturated carbocycles. The van der Waals surface area contributed by atoms with Gasteiger partial charge < -0.3 is 4.74 Å². The summed E-state index contributed by atoms with van der Waals surface area (Å²) < 4.78 is 5.03. The van der Waals surface area contributed by atoms with Crippen LogP contribution in [0.4, 0.5) is 0 Å². The monoisotopic (exact) mass is 181 g/mol. The first-order valence-electron chi connectivity index (χ1n) is 4.16. The minimum atomic E-state index is 0.0127. The molecule has 0 spiro atoms. The summed E-state index contributed by atoms with van der Waals surface area (Å²) in [6.45, 7) is 2.50. The lowest BCUT2D eigenvalue weighted by Crippen LogP contribution is -2.31. The van der Waals surface area contributed by atoms with Gasteiger partial charge in [-0.15, -0.1) is 0 Å². The number of nitrogens with two attached hydrogens (primary N) is 1. The van der Waals surface area contributed by atoms with Crippen LogP contribution < -0.4 is 11.3 Å². The van der Waals surface area contributed by atoms with Crippen LogP contribution in [0.25, 0.3) is 0 Å². The molecule has 4 heteroatoms. The zero-order valence-electron chi connectivity index (χ0n) is 7.95. The van der Waals surface area contributed by atoms with Crippen molar-refractivity contribution in [2.24, 2.45) is 5.84 Å². The topological polar surface area (TPSA) is 60.2 Å². The summed E-state index contributed by atoms with van der Waals surface area (Å²) in [4.78, 5) is 4.18. The molecule has 1 heterocycles. The molecule has 0 aliphatic heterocycles. The quantitative estimate of drug-likeness (QED) is 0.526. The van der Waals surface area contributed by atoms with Gasteiger partial charge in [-0.05, 0) is 18.6 Å². The van der Waals surface area contributed by atoms with Crippen LogP contribution in [-0.4, -0.2) is 18.7 Å². The summed E-state index contributed by atoms with van der Waals surface area (Å²) >= 11 is 0. The standard InChI is InChI=1S/C9H15N3O/c1-7-8(4-3-5-11-7)9(12-10)6-13-2/h3-5,9,12H,6,10H2,1-2H3. The third-order valence-corrected chi connectivity index (χ3v) is 1.96. The Hall–Kier alpha value is -0.970. The smallest absolute Gasteiger partial charge is 0.0711 e. The maximum atomic E-state index is 5.40. The van der Waals surface area contributed by atoms with E-state index in [-0.39, 0.29) is 6.04 Å². The van der Waals surface area contributed by atoms with Crippen molar-refractivity contribution in [2.75, 3.05) is 13.7 Å². The number of rotatable bonds is 4. The van der Waals surface area contributed by atoms with Crippen LogP contribution in [-0.2, 0) is 4.74 Å². The van der Waals surface area contributed by atoms with E-state index in [1.54, 1.807) is 13.3 Å². The van der Waals surface area contributed by atoms with E-state index in [2.05, 4.69) is 10.4 Å². The Morgan fingerprint density at radius 2 is 2.46 bits per heavy atom. The summed E-state index contributed by atoms with van der Waals surface area (Å²) in [6, 6.07) is 3.90. The Morgan fingerprint density at radius 3 is 3.00 bits per heavy atom. The first-order valence-corrected chi connectivity index (χ1v) is 4.16. The summed E-state index contributed by atoms with van der Waals surface area (Å²) in [5, 5.41) is 0. The van der Waals surface area contributed by atoms with Crippen LogP contribution >= 0.6 is 0 Å². The second-order valence-electron chi connectivity index (χ2n) is 2.85. The Bertz CT molecular complexity index is 265. The number of methoxy groups -OCH3 is 1. The molecule has 0 bridgehead atoms. The minimum absolute atomic E-state index is 0.0127. The van der Waals surface area contributed by atoms with Crippen molar-refractivity contribution in [3.05, 3.63) is 29.6 Å². The highest BCUT2D eigenvalue weighted by atomic mass is 16.5.